The zero-order valence-corrected chi connectivity index (χ0v) is 10.8. The van der Waals surface area contributed by atoms with Crippen molar-refractivity contribution in [2.24, 2.45) is 0 Å². The summed E-state index contributed by atoms with van der Waals surface area (Å²) < 4.78 is 4.54. The second-order valence-corrected chi connectivity index (χ2v) is 3.92. The first kappa shape index (κ1) is 14.4. The highest BCUT2D eigenvalue weighted by molar-refractivity contribution is 9.09. The lowest BCUT2D eigenvalue weighted by molar-refractivity contribution is -0.140. The lowest BCUT2D eigenvalue weighted by atomic mass is 10.2. The van der Waals surface area contributed by atoms with Crippen LogP contribution in [-0.2, 0) is 9.53 Å². The SMILES string of the molecule is COC(=O)CCC/C=C\C/C=C\CCBr. The molecular weight excluding hydrogens is 256 g/mol. The number of hydrogen-bond acceptors (Lipinski definition) is 2. The van der Waals surface area contributed by atoms with Gasteiger partial charge in [-0.05, 0) is 25.7 Å². The largest absolute Gasteiger partial charge is 0.469 e. The minimum atomic E-state index is -0.124. The molecule has 0 radical (unpaired) electrons. The second kappa shape index (κ2) is 11.5. The van der Waals surface area contributed by atoms with Crippen LogP contribution in [0.3, 0.4) is 0 Å². The van der Waals surface area contributed by atoms with Crippen molar-refractivity contribution in [1.29, 1.82) is 0 Å². The number of esters is 1. The van der Waals surface area contributed by atoms with Gasteiger partial charge in [-0.15, -0.1) is 0 Å². The molecule has 2 nitrogen and oxygen atoms in total. The molecule has 0 spiro atoms. The number of hydrogen-bond donors (Lipinski definition) is 0. The molecule has 0 rings (SSSR count). The van der Waals surface area contributed by atoms with Crippen LogP contribution in [0.25, 0.3) is 0 Å². The van der Waals surface area contributed by atoms with Crippen LogP contribution >= 0.6 is 15.9 Å². The van der Waals surface area contributed by atoms with Gasteiger partial charge in [-0.2, -0.15) is 0 Å². The van der Waals surface area contributed by atoms with Crippen molar-refractivity contribution < 1.29 is 9.53 Å². The van der Waals surface area contributed by atoms with E-state index in [2.05, 4.69) is 45.0 Å². The second-order valence-electron chi connectivity index (χ2n) is 3.12. The van der Waals surface area contributed by atoms with Gasteiger partial charge < -0.3 is 4.74 Å². The van der Waals surface area contributed by atoms with E-state index in [1.54, 1.807) is 0 Å². The molecule has 15 heavy (non-hydrogen) atoms. The van der Waals surface area contributed by atoms with Crippen LogP contribution in [0.2, 0.25) is 0 Å². The molecule has 3 heteroatoms. The maximum absolute atomic E-state index is 10.8. The third kappa shape index (κ3) is 11.4. The number of unbranched alkanes of at least 4 members (excludes halogenated alkanes) is 1. The summed E-state index contributed by atoms with van der Waals surface area (Å²) in [7, 11) is 1.42. The monoisotopic (exact) mass is 274 g/mol. The Morgan fingerprint density at radius 3 is 2.47 bits per heavy atom. The number of rotatable bonds is 8. The van der Waals surface area contributed by atoms with Gasteiger partial charge in [0.15, 0.2) is 0 Å². The molecule has 0 aliphatic heterocycles. The maximum atomic E-state index is 10.8. The van der Waals surface area contributed by atoms with Crippen molar-refractivity contribution >= 4 is 21.9 Å². The fraction of sp³-hybridized carbons (Fsp3) is 0.583. The molecule has 0 aromatic rings. The minimum absolute atomic E-state index is 0.124. The van der Waals surface area contributed by atoms with E-state index in [1.165, 1.54) is 7.11 Å². The first-order valence-electron chi connectivity index (χ1n) is 5.24. The average Bonchev–Trinajstić information content (AvgIpc) is 2.26. The number of methoxy groups -OCH3 is 1. The molecule has 0 heterocycles. The Balaban J connectivity index is 3.28. The number of allylic oxidation sites excluding steroid dienone is 4. The third-order valence-electron chi connectivity index (χ3n) is 1.86. The van der Waals surface area contributed by atoms with Gasteiger partial charge in [-0.3, -0.25) is 4.79 Å². The highest BCUT2D eigenvalue weighted by Gasteiger charge is 1.96. The molecule has 0 bridgehead atoms. The van der Waals surface area contributed by atoms with Crippen LogP contribution in [0.15, 0.2) is 24.3 Å². The van der Waals surface area contributed by atoms with E-state index in [9.17, 15) is 4.79 Å². The number of alkyl halides is 1. The Bertz CT molecular complexity index is 210. The Morgan fingerprint density at radius 2 is 1.87 bits per heavy atom. The van der Waals surface area contributed by atoms with Crippen LogP contribution in [0.4, 0.5) is 0 Å². The van der Waals surface area contributed by atoms with Gasteiger partial charge in [0.05, 0.1) is 7.11 Å². The van der Waals surface area contributed by atoms with Crippen LogP contribution < -0.4 is 0 Å². The fourth-order valence-electron chi connectivity index (χ4n) is 1.04. The summed E-state index contributed by atoms with van der Waals surface area (Å²) in [6, 6.07) is 0. The van der Waals surface area contributed by atoms with E-state index in [0.717, 1.165) is 31.0 Å². The van der Waals surface area contributed by atoms with E-state index in [-0.39, 0.29) is 5.97 Å². The smallest absolute Gasteiger partial charge is 0.305 e. The number of carbonyl (C=O) groups excluding carboxylic acids is 1. The van der Waals surface area contributed by atoms with Crippen LogP contribution in [-0.4, -0.2) is 18.4 Å². The van der Waals surface area contributed by atoms with Gasteiger partial charge in [0.1, 0.15) is 0 Å². The highest BCUT2D eigenvalue weighted by Crippen LogP contribution is 1.99. The summed E-state index contributed by atoms with van der Waals surface area (Å²) >= 11 is 3.36. The van der Waals surface area contributed by atoms with Crippen molar-refractivity contribution in [1.82, 2.24) is 0 Å². The lowest BCUT2D eigenvalue weighted by Crippen LogP contribution is -1.98. The average molecular weight is 275 g/mol. The summed E-state index contributed by atoms with van der Waals surface area (Å²) in [5, 5.41) is 1.02. The number of carbonyl (C=O) groups is 1. The Hall–Kier alpha value is -0.570. The highest BCUT2D eigenvalue weighted by atomic mass is 79.9. The van der Waals surface area contributed by atoms with E-state index < -0.39 is 0 Å². The van der Waals surface area contributed by atoms with Crippen LogP contribution in [0.1, 0.15) is 32.1 Å². The molecule has 0 saturated heterocycles. The Labute approximate surface area is 101 Å². The van der Waals surface area contributed by atoms with E-state index in [1.807, 2.05) is 0 Å². The molecule has 0 N–H and O–H groups in total. The predicted octanol–water partition coefficient (Wildman–Crippen LogP) is 3.62. The van der Waals surface area contributed by atoms with Gasteiger partial charge in [0.2, 0.25) is 0 Å². The summed E-state index contributed by atoms with van der Waals surface area (Å²) in [6.45, 7) is 0. The molecular formula is C12H19BrO2. The van der Waals surface area contributed by atoms with E-state index in [4.69, 9.17) is 0 Å². The lowest BCUT2D eigenvalue weighted by Gasteiger charge is -1.95. The van der Waals surface area contributed by atoms with Gasteiger partial charge in [-0.1, -0.05) is 40.2 Å². The summed E-state index contributed by atoms with van der Waals surface area (Å²) in [5.41, 5.74) is 0. The molecule has 0 amide bonds. The molecule has 86 valence electrons. The van der Waals surface area contributed by atoms with Crippen molar-refractivity contribution in [2.75, 3.05) is 12.4 Å². The van der Waals surface area contributed by atoms with Gasteiger partial charge >= 0.3 is 5.97 Å². The summed E-state index contributed by atoms with van der Waals surface area (Å²) in [5.74, 6) is -0.124. The number of ether oxygens (including phenoxy) is 1. The van der Waals surface area contributed by atoms with Crippen molar-refractivity contribution in [2.45, 2.75) is 32.1 Å². The van der Waals surface area contributed by atoms with Crippen molar-refractivity contribution in [3.63, 3.8) is 0 Å². The fourth-order valence-corrected chi connectivity index (χ4v) is 1.30. The minimum Gasteiger partial charge on any atom is -0.469 e. The number of halogens is 1. The van der Waals surface area contributed by atoms with E-state index in [0.29, 0.717) is 6.42 Å². The van der Waals surface area contributed by atoms with Crippen molar-refractivity contribution in [3.05, 3.63) is 24.3 Å². The maximum Gasteiger partial charge on any atom is 0.305 e. The van der Waals surface area contributed by atoms with Gasteiger partial charge in [0, 0.05) is 11.8 Å². The Kier molecular flexibility index (Phi) is 11.1. The van der Waals surface area contributed by atoms with Crippen LogP contribution in [0.5, 0.6) is 0 Å². The third-order valence-corrected chi connectivity index (χ3v) is 2.32. The first-order valence-corrected chi connectivity index (χ1v) is 6.36. The predicted molar refractivity (Wildman–Crippen MR) is 67.2 cm³/mol. The normalized spacial score (nSPS) is 11.3. The quantitative estimate of drug-likeness (QED) is 0.293. The zero-order valence-electron chi connectivity index (χ0n) is 9.25. The molecule has 0 aliphatic rings. The molecule has 0 aromatic carbocycles. The molecule has 0 fully saturated rings. The van der Waals surface area contributed by atoms with Crippen molar-refractivity contribution in [3.8, 4) is 0 Å². The molecule has 0 atom stereocenters. The van der Waals surface area contributed by atoms with E-state index >= 15 is 0 Å². The molecule has 0 unspecified atom stereocenters. The topological polar surface area (TPSA) is 26.3 Å². The Morgan fingerprint density at radius 1 is 1.20 bits per heavy atom. The van der Waals surface area contributed by atoms with Crippen LogP contribution in [0, 0.1) is 0 Å². The van der Waals surface area contributed by atoms with Gasteiger partial charge in [0.25, 0.3) is 0 Å². The molecule has 0 aliphatic carbocycles. The first-order chi connectivity index (χ1) is 7.31. The standard InChI is InChI=1S/C12H19BrO2/c1-15-12(14)10-8-6-4-2-3-5-7-9-11-13/h2,4-5,7H,3,6,8-11H2,1H3/b4-2-,7-5-. The van der Waals surface area contributed by atoms with Gasteiger partial charge in [-0.25, -0.2) is 0 Å². The molecule has 0 saturated carbocycles. The summed E-state index contributed by atoms with van der Waals surface area (Å²) in [6.07, 6.45) is 12.9. The summed E-state index contributed by atoms with van der Waals surface area (Å²) in [4.78, 5) is 10.8. The zero-order chi connectivity index (χ0) is 11.4. The molecule has 0 aromatic heterocycles.